The highest BCUT2D eigenvalue weighted by molar-refractivity contribution is 5.20. The second-order valence-electron chi connectivity index (χ2n) is 4.92. The van der Waals surface area contributed by atoms with Gasteiger partial charge in [0.2, 0.25) is 0 Å². The zero-order chi connectivity index (χ0) is 12.2. The van der Waals surface area contributed by atoms with Crippen molar-refractivity contribution < 1.29 is 4.39 Å². The molecule has 0 aliphatic rings. The molecule has 0 saturated carbocycles. The minimum atomic E-state index is -0.190. The lowest BCUT2D eigenvalue weighted by atomic mass is 9.93. The second kappa shape index (κ2) is 5.41. The van der Waals surface area contributed by atoms with Crippen LogP contribution in [0.2, 0.25) is 0 Å². The number of nitrogens with one attached hydrogen (secondary N) is 1. The number of nitrogens with two attached hydrogens (primary N) is 1. The molecule has 1 aromatic carbocycles. The maximum absolute atomic E-state index is 13.1. The molecule has 0 fully saturated rings. The Balaban J connectivity index is 2.68. The zero-order valence-corrected chi connectivity index (χ0v) is 10.3. The molecular formula is C13H21FN2. The third kappa shape index (κ3) is 4.29. The van der Waals surface area contributed by atoms with Crippen LogP contribution in [0.3, 0.4) is 0 Å². The molecule has 0 spiro atoms. The van der Waals surface area contributed by atoms with Gasteiger partial charge >= 0.3 is 0 Å². The van der Waals surface area contributed by atoms with Crippen molar-refractivity contribution in [2.45, 2.75) is 38.3 Å². The number of halogens is 1. The largest absolute Gasteiger partial charge is 0.326 e. The van der Waals surface area contributed by atoms with Crippen LogP contribution in [0.5, 0.6) is 0 Å². The predicted molar refractivity (Wildman–Crippen MR) is 65.7 cm³/mol. The first-order chi connectivity index (χ1) is 7.42. The molecule has 0 amide bonds. The van der Waals surface area contributed by atoms with E-state index in [-0.39, 0.29) is 17.4 Å². The highest BCUT2D eigenvalue weighted by Gasteiger charge is 2.16. The first-order valence-electron chi connectivity index (χ1n) is 5.64. The summed E-state index contributed by atoms with van der Waals surface area (Å²) in [7, 11) is 1.89. The summed E-state index contributed by atoms with van der Waals surface area (Å²) in [6, 6.07) is 6.88. The maximum atomic E-state index is 13.1. The van der Waals surface area contributed by atoms with E-state index in [0.29, 0.717) is 0 Å². The van der Waals surface area contributed by atoms with E-state index in [2.05, 4.69) is 5.32 Å². The average Bonchev–Trinajstić information content (AvgIpc) is 2.17. The lowest BCUT2D eigenvalue weighted by Crippen LogP contribution is -2.33. The van der Waals surface area contributed by atoms with Crippen molar-refractivity contribution in [3.8, 4) is 0 Å². The Bertz CT molecular complexity index is 331. The van der Waals surface area contributed by atoms with Crippen LogP contribution < -0.4 is 11.1 Å². The molecule has 1 aromatic rings. The van der Waals surface area contributed by atoms with E-state index in [1.165, 1.54) is 6.07 Å². The van der Waals surface area contributed by atoms with E-state index in [0.717, 1.165) is 18.4 Å². The molecule has 0 heterocycles. The summed E-state index contributed by atoms with van der Waals surface area (Å²) in [6.07, 6.45) is 1.80. The van der Waals surface area contributed by atoms with Crippen LogP contribution in [0.25, 0.3) is 0 Å². The Morgan fingerprint density at radius 1 is 1.44 bits per heavy atom. The van der Waals surface area contributed by atoms with Gasteiger partial charge in [-0.2, -0.15) is 0 Å². The van der Waals surface area contributed by atoms with Crippen molar-refractivity contribution in [3.05, 3.63) is 35.6 Å². The molecule has 0 bridgehead atoms. The van der Waals surface area contributed by atoms with Gasteiger partial charge in [-0.15, -0.1) is 0 Å². The number of hydrogen-bond acceptors (Lipinski definition) is 2. The fourth-order valence-electron chi connectivity index (χ4n) is 1.72. The van der Waals surface area contributed by atoms with E-state index < -0.39 is 0 Å². The summed E-state index contributed by atoms with van der Waals surface area (Å²) in [6.45, 7) is 4.01. The van der Waals surface area contributed by atoms with Crippen molar-refractivity contribution in [3.63, 3.8) is 0 Å². The summed E-state index contributed by atoms with van der Waals surface area (Å²) in [5.74, 6) is -0.190. The standard InChI is InChI=1S/C13H21FN2/c1-13(2,15)8-7-12(16-3)10-5-4-6-11(14)9-10/h4-6,9,12,16H,7-8,15H2,1-3H3. The first kappa shape index (κ1) is 13.1. The monoisotopic (exact) mass is 224 g/mol. The molecule has 0 saturated heterocycles. The summed E-state index contributed by atoms with van der Waals surface area (Å²) in [5, 5.41) is 3.20. The van der Waals surface area contributed by atoms with Gasteiger partial charge in [0.1, 0.15) is 5.82 Å². The van der Waals surface area contributed by atoms with Crippen molar-refractivity contribution in [2.24, 2.45) is 5.73 Å². The summed E-state index contributed by atoms with van der Waals surface area (Å²) in [4.78, 5) is 0. The van der Waals surface area contributed by atoms with Crippen LogP contribution in [-0.4, -0.2) is 12.6 Å². The van der Waals surface area contributed by atoms with Crippen LogP contribution in [-0.2, 0) is 0 Å². The van der Waals surface area contributed by atoms with Crippen LogP contribution in [0, 0.1) is 5.82 Å². The molecule has 1 unspecified atom stereocenters. The molecule has 2 nitrogen and oxygen atoms in total. The van der Waals surface area contributed by atoms with Gasteiger partial charge < -0.3 is 11.1 Å². The van der Waals surface area contributed by atoms with Crippen LogP contribution >= 0.6 is 0 Å². The number of benzene rings is 1. The molecular weight excluding hydrogens is 203 g/mol. The maximum Gasteiger partial charge on any atom is 0.123 e. The van der Waals surface area contributed by atoms with Gasteiger partial charge in [-0.3, -0.25) is 0 Å². The van der Waals surface area contributed by atoms with Crippen LogP contribution in [0.4, 0.5) is 4.39 Å². The Labute approximate surface area is 97.0 Å². The summed E-state index contributed by atoms with van der Waals surface area (Å²) >= 11 is 0. The average molecular weight is 224 g/mol. The van der Waals surface area contributed by atoms with Gasteiger partial charge in [-0.25, -0.2) is 4.39 Å². The SMILES string of the molecule is CNC(CCC(C)(C)N)c1cccc(F)c1. The highest BCUT2D eigenvalue weighted by atomic mass is 19.1. The molecule has 3 N–H and O–H groups in total. The van der Waals surface area contributed by atoms with Gasteiger partial charge in [0, 0.05) is 11.6 Å². The molecule has 0 aliphatic carbocycles. The molecule has 16 heavy (non-hydrogen) atoms. The predicted octanol–water partition coefficient (Wildman–Crippen LogP) is 2.60. The second-order valence-corrected chi connectivity index (χ2v) is 4.92. The van der Waals surface area contributed by atoms with E-state index >= 15 is 0 Å². The lowest BCUT2D eigenvalue weighted by Gasteiger charge is -2.23. The highest BCUT2D eigenvalue weighted by Crippen LogP contribution is 2.21. The summed E-state index contributed by atoms with van der Waals surface area (Å²) < 4.78 is 13.1. The van der Waals surface area contributed by atoms with E-state index in [9.17, 15) is 4.39 Å². The van der Waals surface area contributed by atoms with E-state index in [4.69, 9.17) is 5.73 Å². The van der Waals surface area contributed by atoms with E-state index in [1.807, 2.05) is 27.0 Å². The molecule has 90 valence electrons. The first-order valence-corrected chi connectivity index (χ1v) is 5.64. The van der Waals surface area contributed by atoms with Crippen molar-refractivity contribution in [2.75, 3.05) is 7.05 Å². The van der Waals surface area contributed by atoms with E-state index in [1.54, 1.807) is 12.1 Å². The van der Waals surface area contributed by atoms with Gasteiger partial charge in [-0.1, -0.05) is 12.1 Å². The van der Waals surface area contributed by atoms with Crippen molar-refractivity contribution in [1.29, 1.82) is 0 Å². The minimum Gasteiger partial charge on any atom is -0.326 e. The van der Waals surface area contributed by atoms with Crippen molar-refractivity contribution in [1.82, 2.24) is 5.32 Å². The normalized spacial score (nSPS) is 13.8. The van der Waals surface area contributed by atoms with Gasteiger partial charge in [0.05, 0.1) is 0 Å². The molecule has 1 atom stereocenters. The Hall–Kier alpha value is -0.930. The van der Waals surface area contributed by atoms with Crippen LogP contribution in [0.1, 0.15) is 38.3 Å². The van der Waals surface area contributed by atoms with Crippen molar-refractivity contribution >= 4 is 0 Å². The smallest absolute Gasteiger partial charge is 0.123 e. The third-order valence-corrected chi connectivity index (χ3v) is 2.68. The molecule has 1 rings (SSSR count). The Morgan fingerprint density at radius 3 is 2.62 bits per heavy atom. The molecule has 3 heteroatoms. The summed E-state index contributed by atoms with van der Waals surface area (Å²) in [5.41, 5.74) is 6.74. The fourth-order valence-corrected chi connectivity index (χ4v) is 1.72. The molecule has 0 radical (unpaired) electrons. The quantitative estimate of drug-likeness (QED) is 0.806. The fraction of sp³-hybridized carbons (Fsp3) is 0.538. The topological polar surface area (TPSA) is 38.0 Å². The van der Waals surface area contributed by atoms with Gasteiger partial charge in [-0.05, 0) is 51.4 Å². The Kier molecular flexibility index (Phi) is 4.44. The third-order valence-electron chi connectivity index (χ3n) is 2.68. The van der Waals surface area contributed by atoms with Gasteiger partial charge in [0.25, 0.3) is 0 Å². The number of rotatable bonds is 5. The zero-order valence-electron chi connectivity index (χ0n) is 10.3. The van der Waals surface area contributed by atoms with Gasteiger partial charge in [0.15, 0.2) is 0 Å². The van der Waals surface area contributed by atoms with Crippen LogP contribution in [0.15, 0.2) is 24.3 Å². The Morgan fingerprint density at radius 2 is 2.12 bits per heavy atom. The molecule has 0 aromatic heterocycles. The molecule has 0 aliphatic heterocycles. The number of hydrogen-bond donors (Lipinski definition) is 2. The lowest BCUT2D eigenvalue weighted by molar-refractivity contribution is 0.410. The minimum absolute atomic E-state index is 0.165.